The molecule has 0 saturated heterocycles. The minimum Gasteiger partial charge on any atom is -0.507 e. The Morgan fingerprint density at radius 1 is 1.20 bits per heavy atom. The maximum atomic E-state index is 11.3. The van der Waals surface area contributed by atoms with Crippen LogP contribution in [0.15, 0.2) is 36.4 Å². The van der Waals surface area contributed by atoms with Gasteiger partial charge in [0, 0.05) is 23.4 Å². The predicted molar refractivity (Wildman–Crippen MR) is 79.9 cm³/mol. The molecular weight excluding hydrogens is 252 g/mol. The third kappa shape index (κ3) is 2.74. The number of amides is 1. The fraction of sp³-hybridized carbons (Fsp3) is 0.188. The van der Waals surface area contributed by atoms with Crippen LogP contribution in [-0.2, 0) is 6.54 Å². The molecule has 2 rings (SSSR count). The molecule has 0 aromatic heterocycles. The number of phenolic OH excluding ortho intramolecular Hbond substituents is 1. The van der Waals surface area contributed by atoms with Gasteiger partial charge in [-0.3, -0.25) is 4.79 Å². The average molecular weight is 270 g/mol. The summed E-state index contributed by atoms with van der Waals surface area (Å²) in [6, 6.07) is 11.0. The van der Waals surface area contributed by atoms with E-state index in [2.05, 4.69) is 5.32 Å². The molecule has 104 valence electrons. The molecule has 2 aromatic rings. The molecule has 4 N–H and O–H groups in total. The Hall–Kier alpha value is -2.49. The first kappa shape index (κ1) is 13.9. The summed E-state index contributed by atoms with van der Waals surface area (Å²) in [5.74, 6) is -0.145. The second-order valence-electron chi connectivity index (χ2n) is 4.78. The van der Waals surface area contributed by atoms with Crippen LogP contribution in [0.5, 0.6) is 5.75 Å². The van der Waals surface area contributed by atoms with Crippen molar-refractivity contribution in [3.63, 3.8) is 0 Å². The highest BCUT2D eigenvalue weighted by molar-refractivity contribution is 5.95. The number of benzene rings is 2. The van der Waals surface area contributed by atoms with E-state index in [-0.39, 0.29) is 0 Å². The molecule has 0 aliphatic rings. The Morgan fingerprint density at radius 2 is 1.90 bits per heavy atom. The SMILES string of the molecule is Cc1cccc(CNc2cccc(C(N)=O)c2C)c1O. The number of aryl methyl sites for hydroxylation is 1. The second-order valence-corrected chi connectivity index (χ2v) is 4.78. The predicted octanol–water partition coefficient (Wildman–Crippen LogP) is 2.72. The van der Waals surface area contributed by atoms with Crippen LogP contribution in [0.25, 0.3) is 0 Å². The zero-order valence-corrected chi connectivity index (χ0v) is 11.6. The van der Waals surface area contributed by atoms with Gasteiger partial charge in [0.1, 0.15) is 5.75 Å². The average Bonchev–Trinajstić information content (AvgIpc) is 2.41. The summed E-state index contributed by atoms with van der Waals surface area (Å²) < 4.78 is 0. The van der Waals surface area contributed by atoms with E-state index in [1.54, 1.807) is 12.1 Å². The lowest BCUT2D eigenvalue weighted by molar-refractivity contribution is 0.1000. The number of hydrogen-bond donors (Lipinski definition) is 3. The fourth-order valence-corrected chi connectivity index (χ4v) is 2.15. The number of nitrogens with two attached hydrogens (primary N) is 1. The Balaban J connectivity index is 2.21. The molecule has 4 heteroatoms. The number of anilines is 1. The van der Waals surface area contributed by atoms with Gasteiger partial charge in [0.05, 0.1) is 0 Å². The Labute approximate surface area is 118 Å². The third-order valence-electron chi connectivity index (χ3n) is 3.39. The zero-order valence-electron chi connectivity index (χ0n) is 11.6. The van der Waals surface area contributed by atoms with Crippen LogP contribution in [0.2, 0.25) is 0 Å². The summed E-state index contributed by atoms with van der Waals surface area (Å²) in [4.78, 5) is 11.3. The first-order valence-electron chi connectivity index (χ1n) is 6.41. The van der Waals surface area contributed by atoms with Crippen molar-refractivity contribution in [3.05, 3.63) is 58.7 Å². The number of phenols is 1. The smallest absolute Gasteiger partial charge is 0.249 e. The second kappa shape index (κ2) is 5.65. The number of aromatic hydroxyl groups is 1. The number of para-hydroxylation sites is 1. The summed E-state index contributed by atoms with van der Waals surface area (Å²) in [5, 5.41) is 13.2. The molecule has 0 atom stereocenters. The van der Waals surface area contributed by atoms with Crippen LogP contribution in [-0.4, -0.2) is 11.0 Å². The molecule has 4 nitrogen and oxygen atoms in total. The number of nitrogens with one attached hydrogen (secondary N) is 1. The van der Waals surface area contributed by atoms with Crippen molar-refractivity contribution in [1.82, 2.24) is 0 Å². The van der Waals surface area contributed by atoms with Crippen molar-refractivity contribution in [1.29, 1.82) is 0 Å². The fourth-order valence-electron chi connectivity index (χ4n) is 2.15. The van der Waals surface area contributed by atoms with E-state index >= 15 is 0 Å². The van der Waals surface area contributed by atoms with Crippen molar-refractivity contribution < 1.29 is 9.90 Å². The molecule has 1 amide bonds. The molecule has 2 aromatic carbocycles. The van der Waals surface area contributed by atoms with Crippen LogP contribution in [0.1, 0.15) is 27.0 Å². The highest BCUT2D eigenvalue weighted by Crippen LogP contribution is 2.24. The lowest BCUT2D eigenvalue weighted by Gasteiger charge is -2.13. The summed E-state index contributed by atoms with van der Waals surface area (Å²) in [6.07, 6.45) is 0. The first-order valence-corrected chi connectivity index (χ1v) is 6.41. The molecule has 0 bridgehead atoms. The van der Waals surface area contributed by atoms with Crippen molar-refractivity contribution in [2.24, 2.45) is 5.73 Å². The number of carbonyl (C=O) groups is 1. The van der Waals surface area contributed by atoms with Gasteiger partial charge in [-0.2, -0.15) is 0 Å². The molecule has 0 heterocycles. The summed E-state index contributed by atoms with van der Waals surface area (Å²) in [5.41, 5.74) is 9.13. The molecule has 0 aliphatic carbocycles. The summed E-state index contributed by atoms with van der Waals surface area (Å²) >= 11 is 0. The van der Waals surface area contributed by atoms with Crippen molar-refractivity contribution in [3.8, 4) is 5.75 Å². The lowest BCUT2D eigenvalue weighted by atomic mass is 10.1. The van der Waals surface area contributed by atoms with Gasteiger partial charge in [-0.15, -0.1) is 0 Å². The lowest BCUT2D eigenvalue weighted by Crippen LogP contribution is -2.14. The van der Waals surface area contributed by atoms with E-state index in [1.165, 1.54) is 0 Å². The van der Waals surface area contributed by atoms with Crippen LogP contribution >= 0.6 is 0 Å². The van der Waals surface area contributed by atoms with Crippen molar-refractivity contribution in [2.45, 2.75) is 20.4 Å². The minimum atomic E-state index is -0.440. The highest BCUT2D eigenvalue weighted by Gasteiger charge is 2.09. The normalized spacial score (nSPS) is 10.3. The number of rotatable bonds is 4. The van der Waals surface area contributed by atoms with E-state index in [0.29, 0.717) is 17.9 Å². The molecular formula is C16H18N2O2. The van der Waals surface area contributed by atoms with E-state index < -0.39 is 5.91 Å². The van der Waals surface area contributed by atoms with Crippen molar-refractivity contribution >= 4 is 11.6 Å². The van der Waals surface area contributed by atoms with E-state index in [9.17, 15) is 9.90 Å². The van der Waals surface area contributed by atoms with Gasteiger partial charge in [-0.25, -0.2) is 0 Å². The highest BCUT2D eigenvalue weighted by atomic mass is 16.3. The standard InChI is InChI=1S/C16H18N2O2/c1-10-5-3-6-12(15(10)19)9-18-14-8-4-7-13(11(14)2)16(17)20/h3-8,18-19H,9H2,1-2H3,(H2,17,20). The van der Waals surface area contributed by atoms with E-state index in [1.807, 2.05) is 38.1 Å². The van der Waals surface area contributed by atoms with Gasteiger partial charge in [0.25, 0.3) is 0 Å². The maximum absolute atomic E-state index is 11.3. The molecule has 20 heavy (non-hydrogen) atoms. The largest absolute Gasteiger partial charge is 0.507 e. The van der Waals surface area contributed by atoms with Gasteiger partial charge in [0.2, 0.25) is 5.91 Å². The first-order chi connectivity index (χ1) is 9.50. The van der Waals surface area contributed by atoms with Gasteiger partial charge in [-0.1, -0.05) is 24.3 Å². The monoisotopic (exact) mass is 270 g/mol. The molecule has 0 spiro atoms. The van der Waals surface area contributed by atoms with Gasteiger partial charge >= 0.3 is 0 Å². The molecule has 0 fully saturated rings. The van der Waals surface area contributed by atoms with Crippen molar-refractivity contribution in [2.75, 3.05) is 5.32 Å². The van der Waals surface area contributed by atoms with E-state index in [4.69, 9.17) is 5.73 Å². The molecule has 0 aliphatic heterocycles. The topological polar surface area (TPSA) is 75.3 Å². The number of hydrogen-bond acceptors (Lipinski definition) is 3. The van der Waals surface area contributed by atoms with Crippen LogP contribution < -0.4 is 11.1 Å². The molecule has 0 radical (unpaired) electrons. The van der Waals surface area contributed by atoms with Gasteiger partial charge in [-0.05, 0) is 37.1 Å². The van der Waals surface area contributed by atoms with Crippen LogP contribution in [0.4, 0.5) is 5.69 Å². The zero-order chi connectivity index (χ0) is 14.7. The number of carbonyl (C=O) groups excluding carboxylic acids is 1. The summed E-state index contributed by atoms with van der Waals surface area (Å²) in [6.45, 7) is 4.19. The maximum Gasteiger partial charge on any atom is 0.249 e. The molecule has 0 unspecified atom stereocenters. The van der Waals surface area contributed by atoms with Gasteiger partial charge < -0.3 is 16.2 Å². The van der Waals surface area contributed by atoms with Crippen LogP contribution in [0, 0.1) is 13.8 Å². The quantitative estimate of drug-likeness (QED) is 0.799. The molecule has 0 saturated carbocycles. The summed E-state index contributed by atoms with van der Waals surface area (Å²) in [7, 11) is 0. The number of primary amides is 1. The van der Waals surface area contributed by atoms with Crippen LogP contribution in [0.3, 0.4) is 0 Å². The van der Waals surface area contributed by atoms with E-state index in [0.717, 1.165) is 22.4 Å². The Morgan fingerprint density at radius 3 is 2.60 bits per heavy atom. The third-order valence-corrected chi connectivity index (χ3v) is 3.39. The minimum absolute atomic E-state index is 0.295. The Bertz CT molecular complexity index is 651. The Kier molecular flexibility index (Phi) is 3.94. The van der Waals surface area contributed by atoms with Gasteiger partial charge in [0.15, 0.2) is 0 Å².